The lowest BCUT2D eigenvalue weighted by atomic mass is 10.0. The van der Waals surface area contributed by atoms with Gasteiger partial charge in [0.2, 0.25) is 0 Å². The van der Waals surface area contributed by atoms with Crippen molar-refractivity contribution in [3.63, 3.8) is 0 Å². The molecule has 0 bridgehead atoms. The zero-order chi connectivity index (χ0) is 13.0. The van der Waals surface area contributed by atoms with E-state index in [0.717, 1.165) is 22.2 Å². The Morgan fingerprint density at radius 2 is 1.89 bits per heavy atom. The molecule has 0 spiro atoms. The van der Waals surface area contributed by atoms with Gasteiger partial charge >= 0.3 is 0 Å². The lowest BCUT2D eigenvalue weighted by molar-refractivity contribution is 0.414. The molecule has 0 fully saturated rings. The van der Waals surface area contributed by atoms with Crippen LogP contribution in [0.1, 0.15) is 16.5 Å². The number of methoxy groups -OCH3 is 1. The van der Waals surface area contributed by atoms with Crippen molar-refractivity contribution in [2.75, 3.05) is 7.11 Å². The molecule has 0 amide bonds. The highest BCUT2D eigenvalue weighted by molar-refractivity contribution is 9.10. The van der Waals surface area contributed by atoms with Crippen LogP contribution in [-0.4, -0.2) is 7.11 Å². The molecular weight excluding hydrogens is 312 g/mol. The first kappa shape index (κ1) is 13.4. The van der Waals surface area contributed by atoms with E-state index < -0.39 is 0 Å². The van der Waals surface area contributed by atoms with Crippen LogP contribution in [-0.2, 0) is 6.42 Å². The summed E-state index contributed by atoms with van der Waals surface area (Å²) < 4.78 is 6.27. The molecule has 1 atom stereocenters. The molecule has 2 aromatic rings. The largest absolute Gasteiger partial charge is 0.497 e. The first-order chi connectivity index (χ1) is 8.69. The quantitative estimate of drug-likeness (QED) is 0.720. The zero-order valence-corrected chi connectivity index (χ0v) is 12.4. The summed E-state index contributed by atoms with van der Waals surface area (Å²) in [4.78, 5) is 0. The van der Waals surface area contributed by atoms with E-state index in [1.54, 1.807) is 7.11 Å². The number of rotatable bonds is 4. The van der Waals surface area contributed by atoms with Crippen molar-refractivity contribution in [3.8, 4) is 5.75 Å². The van der Waals surface area contributed by atoms with E-state index >= 15 is 0 Å². The molecule has 1 unspecified atom stereocenters. The second-order valence-electron chi connectivity index (χ2n) is 4.07. The molecular formula is C15H14BrClO. The van der Waals surface area contributed by atoms with E-state index in [9.17, 15) is 0 Å². The van der Waals surface area contributed by atoms with Gasteiger partial charge in [0.15, 0.2) is 0 Å². The van der Waals surface area contributed by atoms with Gasteiger partial charge in [-0.05, 0) is 41.8 Å². The standard InChI is InChI=1S/C15H14BrClO/c1-18-14-4-2-3-11(9-14)10-15(17)12-5-7-13(16)8-6-12/h2-9,15H,10H2,1H3. The van der Waals surface area contributed by atoms with Gasteiger partial charge in [0.1, 0.15) is 5.75 Å². The van der Waals surface area contributed by atoms with Gasteiger partial charge in [0, 0.05) is 4.47 Å². The van der Waals surface area contributed by atoms with E-state index in [4.69, 9.17) is 16.3 Å². The molecule has 0 heterocycles. The average molecular weight is 326 g/mol. The summed E-state index contributed by atoms with van der Waals surface area (Å²) in [5, 5.41) is -0.0230. The first-order valence-electron chi connectivity index (χ1n) is 5.71. The van der Waals surface area contributed by atoms with Crippen molar-refractivity contribution in [2.24, 2.45) is 0 Å². The van der Waals surface area contributed by atoms with E-state index in [-0.39, 0.29) is 5.38 Å². The molecule has 0 aliphatic carbocycles. The molecule has 1 nitrogen and oxygen atoms in total. The number of alkyl halides is 1. The van der Waals surface area contributed by atoms with Crippen molar-refractivity contribution >= 4 is 27.5 Å². The number of ether oxygens (including phenoxy) is 1. The van der Waals surface area contributed by atoms with Crippen molar-refractivity contribution < 1.29 is 4.74 Å². The number of halogens is 2. The van der Waals surface area contributed by atoms with Gasteiger partial charge in [-0.2, -0.15) is 0 Å². The van der Waals surface area contributed by atoms with Crippen LogP contribution in [0.15, 0.2) is 53.0 Å². The maximum atomic E-state index is 6.43. The SMILES string of the molecule is COc1cccc(CC(Cl)c2ccc(Br)cc2)c1. The molecule has 0 radical (unpaired) electrons. The normalized spacial score (nSPS) is 12.2. The minimum Gasteiger partial charge on any atom is -0.497 e. The second kappa shape index (κ2) is 6.26. The van der Waals surface area contributed by atoms with Gasteiger partial charge < -0.3 is 4.74 Å². The van der Waals surface area contributed by atoms with Crippen LogP contribution >= 0.6 is 27.5 Å². The molecule has 94 valence electrons. The highest BCUT2D eigenvalue weighted by Crippen LogP contribution is 2.27. The van der Waals surface area contributed by atoms with Crippen LogP contribution in [0.2, 0.25) is 0 Å². The lowest BCUT2D eigenvalue weighted by Crippen LogP contribution is -1.96. The van der Waals surface area contributed by atoms with Crippen molar-refractivity contribution in [1.29, 1.82) is 0 Å². The van der Waals surface area contributed by atoms with Gasteiger partial charge in [-0.15, -0.1) is 11.6 Å². The number of benzene rings is 2. The molecule has 18 heavy (non-hydrogen) atoms. The fraction of sp³-hybridized carbons (Fsp3) is 0.200. The smallest absolute Gasteiger partial charge is 0.119 e. The van der Waals surface area contributed by atoms with Crippen LogP contribution in [0.3, 0.4) is 0 Å². The van der Waals surface area contributed by atoms with Crippen molar-refractivity contribution in [1.82, 2.24) is 0 Å². The Bertz CT molecular complexity index is 510. The third-order valence-corrected chi connectivity index (χ3v) is 3.72. The fourth-order valence-electron chi connectivity index (χ4n) is 1.80. The number of hydrogen-bond acceptors (Lipinski definition) is 1. The molecule has 2 aromatic carbocycles. The minimum atomic E-state index is -0.0230. The van der Waals surface area contributed by atoms with Gasteiger partial charge in [-0.3, -0.25) is 0 Å². The van der Waals surface area contributed by atoms with E-state index in [1.807, 2.05) is 42.5 Å². The predicted molar refractivity (Wildman–Crippen MR) is 79.4 cm³/mol. The maximum absolute atomic E-state index is 6.43. The minimum absolute atomic E-state index is 0.0230. The van der Waals surface area contributed by atoms with E-state index in [1.165, 1.54) is 5.56 Å². The van der Waals surface area contributed by atoms with Gasteiger partial charge in [0.25, 0.3) is 0 Å². The topological polar surface area (TPSA) is 9.23 Å². The van der Waals surface area contributed by atoms with Crippen molar-refractivity contribution in [2.45, 2.75) is 11.8 Å². The summed E-state index contributed by atoms with van der Waals surface area (Å²) >= 11 is 9.85. The Labute approximate surface area is 121 Å². The number of hydrogen-bond donors (Lipinski definition) is 0. The average Bonchev–Trinajstić information content (AvgIpc) is 2.39. The van der Waals surface area contributed by atoms with Crippen LogP contribution in [0.4, 0.5) is 0 Å². The third-order valence-electron chi connectivity index (χ3n) is 2.78. The summed E-state index contributed by atoms with van der Waals surface area (Å²) in [6.45, 7) is 0. The molecule has 0 aliphatic rings. The van der Waals surface area contributed by atoms with E-state index in [2.05, 4.69) is 22.0 Å². The van der Waals surface area contributed by atoms with Gasteiger partial charge in [-0.1, -0.05) is 40.2 Å². The molecule has 2 rings (SSSR count). The van der Waals surface area contributed by atoms with Crippen molar-refractivity contribution in [3.05, 3.63) is 64.1 Å². The summed E-state index contributed by atoms with van der Waals surface area (Å²) in [6, 6.07) is 16.1. The Hall–Kier alpha value is -0.990. The molecule has 3 heteroatoms. The monoisotopic (exact) mass is 324 g/mol. The molecule has 0 saturated heterocycles. The Morgan fingerprint density at radius 3 is 2.56 bits per heavy atom. The molecule has 0 aromatic heterocycles. The summed E-state index contributed by atoms with van der Waals surface area (Å²) in [6.07, 6.45) is 0.792. The zero-order valence-electron chi connectivity index (χ0n) is 10.1. The van der Waals surface area contributed by atoms with E-state index in [0.29, 0.717) is 0 Å². The highest BCUT2D eigenvalue weighted by atomic mass is 79.9. The molecule has 0 saturated carbocycles. The van der Waals surface area contributed by atoms with Gasteiger partial charge in [-0.25, -0.2) is 0 Å². The fourth-order valence-corrected chi connectivity index (χ4v) is 2.38. The second-order valence-corrected chi connectivity index (χ2v) is 5.52. The summed E-state index contributed by atoms with van der Waals surface area (Å²) in [7, 11) is 1.67. The van der Waals surface area contributed by atoms with Crippen LogP contribution < -0.4 is 4.74 Å². The van der Waals surface area contributed by atoms with Gasteiger partial charge in [0.05, 0.1) is 12.5 Å². The Kier molecular flexibility index (Phi) is 4.67. The highest BCUT2D eigenvalue weighted by Gasteiger charge is 2.09. The van der Waals surface area contributed by atoms with Crippen LogP contribution in [0, 0.1) is 0 Å². The lowest BCUT2D eigenvalue weighted by Gasteiger charge is -2.11. The summed E-state index contributed by atoms with van der Waals surface area (Å²) in [5.41, 5.74) is 2.31. The van der Waals surface area contributed by atoms with Crippen LogP contribution in [0.5, 0.6) is 5.75 Å². The summed E-state index contributed by atoms with van der Waals surface area (Å²) in [5.74, 6) is 0.868. The Morgan fingerprint density at radius 1 is 1.17 bits per heavy atom. The van der Waals surface area contributed by atoms with Crippen LogP contribution in [0.25, 0.3) is 0 Å². The molecule has 0 aliphatic heterocycles. The predicted octanol–water partition coefficient (Wildman–Crippen LogP) is 4.98. The first-order valence-corrected chi connectivity index (χ1v) is 6.94. The Balaban J connectivity index is 2.10. The maximum Gasteiger partial charge on any atom is 0.119 e. The third kappa shape index (κ3) is 3.50. The molecule has 0 N–H and O–H groups in total.